The molecule has 2 N–H and O–H groups in total. The number of rotatable bonds is 4. The van der Waals surface area contributed by atoms with Crippen LogP contribution in [0.4, 0.5) is 5.69 Å². The highest BCUT2D eigenvalue weighted by Gasteiger charge is 2.05. The molecule has 3 heteroatoms. The molecule has 1 unspecified atom stereocenters. The molecule has 1 atom stereocenters. The molecule has 1 aromatic heterocycles. The fourth-order valence-electron chi connectivity index (χ4n) is 1.76. The van der Waals surface area contributed by atoms with Gasteiger partial charge in [-0.25, -0.2) is 0 Å². The number of benzene rings is 1. The first-order chi connectivity index (χ1) is 8.16. The molecular formula is C14H18N2O. The van der Waals surface area contributed by atoms with E-state index in [1.54, 1.807) is 6.26 Å². The number of nitrogens with zero attached hydrogens (tertiary/aromatic N) is 1. The summed E-state index contributed by atoms with van der Waals surface area (Å²) in [6, 6.07) is 12.3. The molecule has 90 valence electrons. The van der Waals surface area contributed by atoms with Crippen LogP contribution >= 0.6 is 0 Å². The highest BCUT2D eigenvalue weighted by Crippen LogP contribution is 2.18. The molecule has 0 saturated carbocycles. The Labute approximate surface area is 102 Å². The molecule has 2 aromatic rings. The third kappa shape index (κ3) is 2.88. The second-order valence-electron chi connectivity index (χ2n) is 4.32. The van der Waals surface area contributed by atoms with Crippen LogP contribution in [0.3, 0.4) is 0 Å². The van der Waals surface area contributed by atoms with Crippen LogP contribution in [0.25, 0.3) is 0 Å². The summed E-state index contributed by atoms with van der Waals surface area (Å²) in [5.41, 5.74) is 8.13. The van der Waals surface area contributed by atoms with Crippen molar-refractivity contribution in [2.45, 2.75) is 19.5 Å². The van der Waals surface area contributed by atoms with E-state index in [4.69, 9.17) is 10.2 Å². The standard InChI is InChI=1S/C14H18N2O/c1-11(15)12-5-7-13(8-6-12)16(2)10-14-4-3-9-17-14/h3-9,11H,10,15H2,1-2H3. The van der Waals surface area contributed by atoms with Crippen LogP contribution in [0.5, 0.6) is 0 Å². The topological polar surface area (TPSA) is 42.4 Å². The van der Waals surface area contributed by atoms with Gasteiger partial charge in [-0.2, -0.15) is 0 Å². The van der Waals surface area contributed by atoms with Crippen LogP contribution in [0.2, 0.25) is 0 Å². The molecule has 0 aliphatic heterocycles. The summed E-state index contributed by atoms with van der Waals surface area (Å²) < 4.78 is 5.33. The van der Waals surface area contributed by atoms with Gasteiger partial charge in [0, 0.05) is 18.8 Å². The molecular weight excluding hydrogens is 212 g/mol. The maximum atomic E-state index is 5.82. The van der Waals surface area contributed by atoms with Crippen molar-refractivity contribution in [1.82, 2.24) is 0 Å². The van der Waals surface area contributed by atoms with Crippen molar-refractivity contribution in [3.63, 3.8) is 0 Å². The fraction of sp³-hybridized carbons (Fsp3) is 0.286. The van der Waals surface area contributed by atoms with Crippen LogP contribution in [0, 0.1) is 0 Å². The van der Waals surface area contributed by atoms with Gasteiger partial charge in [-0.05, 0) is 36.8 Å². The third-order valence-electron chi connectivity index (χ3n) is 2.83. The average Bonchev–Trinajstić information content (AvgIpc) is 2.82. The van der Waals surface area contributed by atoms with Crippen molar-refractivity contribution in [3.8, 4) is 0 Å². The van der Waals surface area contributed by atoms with E-state index < -0.39 is 0 Å². The Balaban J connectivity index is 2.06. The Bertz CT molecular complexity index is 446. The predicted octanol–water partition coefficient (Wildman–Crippen LogP) is 2.94. The SMILES string of the molecule is CC(N)c1ccc(N(C)Cc2ccco2)cc1. The van der Waals surface area contributed by atoms with Gasteiger partial charge >= 0.3 is 0 Å². The number of nitrogens with two attached hydrogens (primary N) is 1. The van der Waals surface area contributed by atoms with Gasteiger partial charge in [-0.15, -0.1) is 0 Å². The summed E-state index contributed by atoms with van der Waals surface area (Å²) in [5.74, 6) is 0.962. The monoisotopic (exact) mass is 230 g/mol. The van der Waals surface area contributed by atoms with Crippen molar-refractivity contribution < 1.29 is 4.42 Å². The zero-order valence-corrected chi connectivity index (χ0v) is 10.3. The summed E-state index contributed by atoms with van der Waals surface area (Å²) in [4.78, 5) is 2.14. The molecule has 0 fully saturated rings. The maximum Gasteiger partial charge on any atom is 0.123 e. The molecule has 2 rings (SSSR count). The zero-order valence-electron chi connectivity index (χ0n) is 10.3. The van der Waals surface area contributed by atoms with Crippen LogP contribution in [-0.4, -0.2) is 7.05 Å². The Morgan fingerprint density at radius 3 is 2.47 bits per heavy atom. The third-order valence-corrected chi connectivity index (χ3v) is 2.83. The molecule has 17 heavy (non-hydrogen) atoms. The Kier molecular flexibility index (Phi) is 3.49. The van der Waals surface area contributed by atoms with Gasteiger partial charge in [0.2, 0.25) is 0 Å². The number of furan rings is 1. The number of hydrogen-bond donors (Lipinski definition) is 1. The van der Waals surface area contributed by atoms with Crippen molar-refractivity contribution in [2.75, 3.05) is 11.9 Å². The van der Waals surface area contributed by atoms with E-state index in [0.29, 0.717) is 0 Å². The second kappa shape index (κ2) is 5.06. The van der Waals surface area contributed by atoms with Crippen LogP contribution in [-0.2, 0) is 6.54 Å². The van der Waals surface area contributed by atoms with E-state index in [0.717, 1.165) is 23.6 Å². The highest BCUT2D eigenvalue weighted by molar-refractivity contribution is 5.47. The lowest BCUT2D eigenvalue weighted by Crippen LogP contribution is -2.16. The van der Waals surface area contributed by atoms with E-state index in [2.05, 4.69) is 29.2 Å². The lowest BCUT2D eigenvalue weighted by atomic mass is 10.1. The lowest BCUT2D eigenvalue weighted by Gasteiger charge is -2.18. The number of hydrogen-bond acceptors (Lipinski definition) is 3. The van der Waals surface area contributed by atoms with Crippen molar-refractivity contribution in [1.29, 1.82) is 0 Å². The minimum atomic E-state index is 0.0828. The average molecular weight is 230 g/mol. The summed E-state index contributed by atoms with van der Waals surface area (Å²) in [7, 11) is 2.05. The molecule has 1 heterocycles. The van der Waals surface area contributed by atoms with Crippen molar-refractivity contribution >= 4 is 5.69 Å². The second-order valence-corrected chi connectivity index (χ2v) is 4.32. The van der Waals surface area contributed by atoms with Crippen molar-refractivity contribution in [3.05, 3.63) is 54.0 Å². The first kappa shape index (κ1) is 11.7. The van der Waals surface area contributed by atoms with Crippen LogP contribution in [0.15, 0.2) is 47.1 Å². The normalized spacial score (nSPS) is 12.4. The molecule has 0 radical (unpaired) electrons. The molecule has 0 aliphatic rings. The van der Waals surface area contributed by atoms with Gasteiger partial charge in [-0.3, -0.25) is 0 Å². The van der Waals surface area contributed by atoms with Gasteiger partial charge < -0.3 is 15.1 Å². The van der Waals surface area contributed by atoms with Crippen LogP contribution < -0.4 is 10.6 Å². The van der Waals surface area contributed by atoms with Gasteiger partial charge in [0.25, 0.3) is 0 Å². The van der Waals surface area contributed by atoms with E-state index in [1.807, 2.05) is 26.1 Å². The van der Waals surface area contributed by atoms with Gasteiger partial charge in [0.1, 0.15) is 5.76 Å². The minimum absolute atomic E-state index is 0.0828. The van der Waals surface area contributed by atoms with E-state index in [-0.39, 0.29) is 6.04 Å². The summed E-state index contributed by atoms with van der Waals surface area (Å²) >= 11 is 0. The highest BCUT2D eigenvalue weighted by atomic mass is 16.3. The maximum absolute atomic E-state index is 5.82. The Hall–Kier alpha value is -1.74. The van der Waals surface area contributed by atoms with Gasteiger partial charge in [-0.1, -0.05) is 12.1 Å². The predicted molar refractivity (Wildman–Crippen MR) is 69.9 cm³/mol. The van der Waals surface area contributed by atoms with Crippen molar-refractivity contribution in [2.24, 2.45) is 5.73 Å². The minimum Gasteiger partial charge on any atom is -0.467 e. The van der Waals surface area contributed by atoms with E-state index in [9.17, 15) is 0 Å². The molecule has 0 amide bonds. The fourth-order valence-corrected chi connectivity index (χ4v) is 1.76. The smallest absolute Gasteiger partial charge is 0.123 e. The van der Waals surface area contributed by atoms with Gasteiger partial charge in [0.15, 0.2) is 0 Å². The quantitative estimate of drug-likeness (QED) is 0.878. The summed E-state index contributed by atoms with van der Waals surface area (Å²) in [6.07, 6.45) is 1.70. The number of anilines is 1. The first-order valence-corrected chi connectivity index (χ1v) is 5.76. The molecule has 0 spiro atoms. The van der Waals surface area contributed by atoms with Gasteiger partial charge in [0.05, 0.1) is 12.8 Å². The zero-order chi connectivity index (χ0) is 12.3. The molecule has 0 bridgehead atoms. The molecule has 1 aromatic carbocycles. The largest absolute Gasteiger partial charge is 0.467 e. The first-order valence-electron chi connectivity index (χ1n) is 5.76. The van der Waals surface area contributed by atoms with E-state index in [1.165, 1.54) is 0 Å². The van der Waals surface area contributed by atoms with E-state index >= 15 is 0 Å². The lowest BCUT2D eigenvalue weighted by molar-refractivity contribution is 0.507. The Morgan fingerprint density at radius 1 is 1.24 bits per heavy atom. The molecule has 0 aliphatic carbocycles. The molecule has 0 saturated heterocycles. The summed E-state index contributed by atoms with van der Waals surface area (Å²) in [6.45, 7) is 2.76. The summed E-state index contributed by atoms with van der Waals surface area (Å²) in [5, 5.41) is 0. The Morgan fingerprint density at radius 2 is 1.94 bits per heavy atom. The van der Waals surface area contributed by atoms with Crippen LogP contribution in [0.1, 0.15) is 24.3 Å². The molecule has 3 nitrogen and oxygen atoms in total.